The van der Waals surface area contributed by atoms with Crippen LogP contribution < -0.4 is 4.74 Å². The van der Waals surface area contributed by atoms with Gasteiger partial charge in [-0.3, -0.25) is 0 Å². The molecule has 0 aromatic heterocycles. The fourth-order valence-corrected chi connectivity index (χ4v) is 1.44. The van der Waals surface area contributed by atoms with Gasteiger partial charge in [-0.05, 0) is 25.0 Å². The molecule has 1 rings (SSSR count). The highest BCUT2D eigenvalue weighted by molar-refractivity contribution is 5.45. The van der Waals surface area contributed by atoms with Gasteiger partial charge in [-0.25, -0.2) is 0 Å². The van der Waals surface area contributed by atoms with Crippen LogP contribution in [0.2, 0.25) is 0 Å². The molecule has 0 aliphatic carbocycles. The lowest BCUT2D eigenvalue weighted by Crippen LogP contribution is -2.00. The smallest absolute Gasteiger partial charge is 0.134 e. The zero-order valence-corrected chi connectivity index (χ0v) is 10.8. The second kappa shape index (κ2) is 9.52. The van der Waals surface area contributed by atoms with Crippen LogP contribution in [0.15, 0.2) is 24.3 Å². The Bertz CT molecular complexity index is 390. The molecular weight excluding hydrogens is 228 g/mol. The van der Waals surface area contributed by atoms with Crippen LogP contribution in [-0.4, -0.2) is 32.0 Å². The van der Waals surface area contributed by atoms with Crippen LogP contribution in [0.1, 0.15) is 24.8 Å². The Morgan fingerprint density at radius 1 is 1.17 bits per heavy atom. The topological polar surface area (TPSA) is 38.7 Å². The Balaban J connectivity index is 2.47. The molecule has 0 radical (unpaired) electrons. The summed E-state index contributed by atoms with van der Waals surface area (Å²) in [5, 5.41) is 8.69. The van der Waals surface area contributed by atoms with E-state index < -0.39 is 0 Å². The minimum Gasteiger partial charge on any atom is -0.492 e. The molecule has 0 heterocycles. The van der Waals surface area contributed by atoms with Gasteiger partial charge < -0.3 is 14.6 Å². The first-order chi connectivity index (χ1) is 8.88. The molecule has 0 spiro atoms. The molecule has 18 heavy (non-hydrogen) atoms. The molecule has 0 amide bonds. The summed E-state index contributed by atoms with van der Waals surface area (Å²) in [7, 11) is 1.70. The van der Waals surface area contributed by atoms with Crippen molar-refractivity contribution in [3.8, 4) is 17.6 Å². The Kier molecular flexibility index (Phi) is 7.70. The molecule has 1 N–H and O–H groups in total. The van der Waals surface area contributed by atoms with Gasteiger partial charge in [0.05, 0.1) is 18.8 Å². The third-order valence-corrected chi connectivity index (χ3v) is 2.35. The van der Waals surface area contributed by atoms with E-state index in [0.717, 1.165) is 30.8 Å². The van der Waals surface area contributed by atoms with Gasteiger partial charge in [0.25, 0.3) is 0 Å². The lowest BCUT2D eigenvalue weighted by atomic mass is 10.2. The Morgan fingerprint density at radius 2 is 1.94 bits per heavy atom. The fraction of sp³-hybridized carbons (Fsp3) is 0.467. The summed E-state index contributed by atoms with van der Waals surface area (Å²) >= 11 is 0. The van der Waals surface area contributed by atoms with E-state index in [1.165, 1.54) is 0 Å². The normalized spacial score (nSPS) is 9.67. The molecule has 0 saturated heterocycles. The summed E-state index contributed by atoms with van der Waals surface area (Å²) in [6.45, 7) is 1.52. The minimum absolute atomic E-state index is 0.0903. The highest BCUT2D eigenvalue weighted by Crippen LogP contribution is 2.17. The predicted octanol–water partition coefficient (Wildman–Crippen LogP) is 2.23. The Labute approximate surface area is 109 Å². The van der Waals surface area contributed by atoms with Gasteiger partial charge in [0.2, 0.25) is 0 Å². The summed E-state index contributed by atoms with van der Waals surface area (Å²) < 4.78 is 10.7. The Morgan fingerprint density at radius 3 is 2.72 bits per heavy atom. The van der Waals surface area contributed by atoms with Gasteiger partial charge in [0.1, 0.15) is 5.75 Å². The van der Waals surface area contributed by atoms with Crippen molar-refractivity contribution in [3.05, 3.63) is 29.8 Å². The van der Waals surface area contributed by atoms with Gasteiger partial charge in [-0.1, -0.05) is 24.0 Å². The van der Waals surface area contributed by atoms with E-state index in [2.05, 4.69) is 11.8 Å². The van der Waals surface area contributed by atoms with Crippen molar-refractivity contribution in [2.45, 2.75) is 19.3 Å². The molecule has 0 atom stereocenters. The van der Waals surface area contributed by atoms with Crippen LogP contribution in [-0.2, 0) is 4.74 Å². The maximum absolute atomic E-state index is 8.69. The van der Waals surface area contributed by atoms with Crippen LogP contribution in [0.5, 0.6) is 5.75 Å². The van der Waals surface area contributed by atoms with Gasteiger partial charge in [0.15, 0.2) is 0 Å². The van der Waals surface area contributed by atoms with E-state index >= 15 is 0 Å². The predicted molar refractivity (Wildman–Crippen MR) is 71.6 cm³/mol. The third-order valence-electron chi connectivity index (χ3n) is 2.35. The number of methoxy groups -OCH3 is 1. The van der Waals surface area contributed by atoms with Crippen LogP contribution in [0, 0.1) is 11.8 Å². The molecule has 0 aliphatic rings. The van der Waals surface area contributed by atoms with Gasteiger partial charge in [-0.2, -0.15) is 0 Å². The molecule has 0 saturated carbocycles. The van der Waals surface area contributed by atoms with Crippen LogP contribution in [0.3, 0.4) is 0 Å². The molecule has 0 bridgehead atoms. The number of unbranched alkanes of at least 4 members (excludes halogenated alkanes) is 1. The molecule has 0 unspecified atom stereocenters. The van der Waals surface area contributed by atoms with Gasteiger partial charge >= 0.3 is 0 Å². The zero-order chi connectivity index (χ0) is 13.1. The SMILES string of the molecule is COCCCCOc1ccccc1C#CCCO. The Hall–Kier alpha value is -1.50. The first-order valence-electron chi connectivity index (χ1n) is 6.19. The fourth-order valence-electron chi connectivity index (χ4n) is 1.44. The van der Waals surface area contributed by atoms with Crippen molar-refractivity contribution in [2.24, 2.45) is 0 Å². The van der Waals surface area contributed by atoms with Gasteiger partial charge in [-0.15, -0.1) is 0 Å². The number of para-hydroxylation sites is 1. The molecule has 3 heteroatoms. The minimum atomic E-state index is 0.0903. The maximum Gasteiger partial charge on any atom is 0.134 e. The van der Waals surface area contributed by atoms with E-state index in [9.17, 15) is 0 Å². The van der Waals surface area contributed by atoms with Crippen molar-refractivity contribution in [3.63, 3.8) is 0 Å². The average molecular weight is 248 g/mol. The lowest BCUT2D eigenvalue weighted by Gasteiger charge is -2.07. The molecule has 1 aromatic rings. The number of ether oxygens (including phenoxy) is 2. The average Bonchev–Trinajstić information content (AvgIpc) is 2.40. The quantitative estimate of drug-likeness (QED) is 0.594. The van der Waals surface area contributed by atoms with Crippen LogP contribution in [0.25, 0.3) is 0 Å². The standard InChI is InChI=1S/C15H20O3/c1-17-12-6-7-13-18-15-10-3-2-8-14(15)9-4-5-11-16/h2-3,8,10,16H,5-7,11-13H2,1H3. The van der Waals surface area contributed by atoms with Crippen LogP contribution in [0.4, 0.5) is 0 Å². The molecule has 1 aromatic carbocycles. The van der Waals surface area contributed by atoms with E-state index in [1.54, 1.807) is 7.11 Å². The molecule has 3 nitrogen and oxygen atoms in total. The summed E-state index contributed by atoms with van der Waals surface area (Å²) in [5.74, 6) is 6.71. The first-order valence-corrected chi connectivity index (χ1v) is 6.19. The second-order valence-electron chi connectivity index (χ2n) is 3.82. The summed E-state index contributed by atoms with van der Waals surface area (Å²) in [6.07, 6.45) is 2.45. The molecule has 0 aliphatic heterocycles. The highest BCUT2D eigenvalue weighted by Gasteiger charge is 1.99. The largest absolute Gasteiger partial charge is 0.492 e. The van der Waals surface area contributed by atoms with Crippen molar-refractivity contribution in [1.29, 1.82) is 0 Å². The summed E-state index contributed by atoms with van der Waals surface area (Å²) in [6, 6.07) is 7.70. The lowest BCUT2D eigenvalue weighted by molar-refractivity contribution is 0.184. The number of aliphatic hydroxyl groups is 1. The van der Waals surface area contributed by atoms with Crippen molar-refractivity contribution in [2.75, 3.05) is 26.9 Å². The van der Waals surface area contributed by atoms with Gasteiger partial charge in [0, 0.05) is 20.1 Å². The highest BCUT2D eigenvalue weighted by atomic mass is 16.5. The monoisotopic (exact) mass is 248 g/mol. The number of hydrogen-bond donors (Lipinski definition) is 1. The second-order valence-corrected chi connectivity index (χ2v) is 3.82. The number of aliphatic hydroxyl groups excluding tert-OH is 1. The van der Waals surface area contributed by atoms with E-state index in [4.69, 9.17) is 14.6 Å². The summed E-state index contributed by atoms with van der Waals surface area (Å²) in [5.41, 5.74) is 0.873. The zero-order valence-electron chi connectivity index (χ0n) is 10.8. The van der Waals surface area contributed by atoms with Crippen molar-refractivity contribution >= 4 is 0 Å². The number of hydrogen-bond acceptors (Lipinski definition) is 3. The van der Waals surface area contributed by atoms with E-state index in [-0.39, 0.29) is 6.61 Å². The summed E-state index contributed by atoms with van der Waals surface area (Å²) in [4.78, 5) is 0. The van der Waals surface area contributed by atoms with E-state index in [1.807, 2.05) is 24.3 Å². The number of benzene rings is 1. The first kappa shape index (κ1) is 14.6. The maximum atomic E-state index is 8.69. The van der Waals surface area contributed by atoms with Crippen molar-refractivity contribution in [1.82, 2.24) is 0 Å². The molecular formula is C15H20O3. The number of rotatable bonds is 7. The third kappa shape index (κ3) is 5.72. The van der Waals surface area contributed by atoms with Crippen LogP contribution >= 0.6 is 0 Å². The molecule has 98 valence electrons. The van der Waals surface area contributed by atoms with Crippen molar-refractivity contribution < 1.29 is 14.6 Å². The van der Waals surface area contributed by atoms with E-state index in [0.29, 0.717) is 13.0 Å². The molecule has 0 fully saturated rings.